The van der Waals surface area contributed by atoms with Gasteiger partial charge in [0.1, 0.15) is 0 Å². The van der Waals surface area contributed by atoms with E-state index in [-0.39, 0.29) is 5.60 Å². The van der Waals surface area contributed by atoms with E-state index in [2.05, 4.69) is 28.2 Å². The summed E-state index contributed by atoms with van der Waals surface area (Å²) >= 11 is 1.69. The molecule has 5 nitrogen and oxygen atoms in total. The minimum absolute atomic E-state index is 0.0606. The molecule has 0 amide bonds. The predicted molar refractivity (Wildman–Crippen MR) is 83.6 cm³/mol. The van der Waals surface area contributed by atoms with Crippen molar-refractivity contribution < 1.29 is 9.47 Å². The van der Waals surface area contributed by atoms with Crippen LogP contribution in [0.15, 0.2) is 11.4 Å². The van der Waals surface area contributed by atoms with Gasteiger partial charge in [-0.3, -0.25) is 0 Å². The summed E-state index contributed by atoms with van der Waals surface area (Å²) < 4.78 is 13.7. The number of hydrogen-bond acceptors (Lipinski definition) is 5. The molecular formula is C15H25N3O2S. The van der Waals surface area contributed by atoms with Gasteiger partial charge in [-0.05, 0) is 31.9 Å². The van der Waals surface area contributed by atoms with Gasteiger partial charge in [-0.15, -0.1) is 0 Å². The van der Waals surface area contributed by atoms with Crippen molar-refractivity contribution in [3.63, 3.8) is 0 Å². The monoisotopic (exact) mass is 311 g/mol. The third-order valence-corrected chi connectivity index (χ3v) is 5.44. The van der Waals surface area contributed by atoms with Crippen LogP contribution in [0, 0.1) is 0 Å². The Labute approximate surface area is 130 Å². The van der Waals surface area contributed by atoms with Gasteiger partial charge in [0.2, 0.25) is 0 Å². The van der Waals surface area contributed by atoms with Crippen molar-refractivity contribution in [3.05, 3.63) is 11.9 Å². The molecule has 0 aromatic carbocycles. The molecule has 3 rings (SSSR count). The molecule has 2 fully saturated rings. The zero-order valence-corrected chi connectivity index (χ0v) is 13.7. The van der Waals surface area contributed by atoms with Crippen LogP contribution in [0.2, 0.25) is 0 Å². The summed E-state index contributed by atoms with van der Waals surface area (Å²) in [6.45, 7) is 3.41. The fourth-order valence-corrected chi connectivity index (χ4v) is 3.87. The molecule has 1 N–H and O–H groups in total. The first-order valence-electron chi connectivity index (χ1n) is 7.72. The van der Waals surface area contributed by atoms with Crippen LogP contribution in [0.1, 0.15) is 31.4 Å². The Balaban J connectivity index is 1.56. The second-order valence-electron chi connectivity index (χ2n) is 6.01. The van der Waals surface area contributed by atoms with E-state index >= 15 is 0 Å². The number of imidazole rings is 1. The lowest BCUT2D eigenvalue weighted by Gasteiger charge is -2.43. The second kappa shape index (κ2) is 6.69. The molecule has 0 unspecified atom stereocenters. The molecule has 1 atom stereocenters. The van der Waals surface area contributed by atoms with E-state index in [1.165, 1.54) is 5.69 Å². The number of hydrogen-bond donors (Lipinski definition) is 1. The summed E-state index contributed by atoms with van der Waals surface area (Å²) in [4.78, 5) is 4.43. The van der Waals surface area contributed by atoms with Crippen LogP contribution in [-0.4, -0.2) is 47.3 Å². The maximum absolute atomic E-state index is 6.09. The second-order valence-corrected chi connectivity index (χ2v) is 6.78. The topological polar surface area (TPSA) is 48.3 Å². The van der Waals surface area contributed by atoms with Gasteiger partial charge >= 0.3 is 0 Å². The zero-order chi connectivity index (χ0) is 14.7. The van der Waals surface area contributed by atoms with Crippen LogP contribution in [0.25, 0.3) is 0 Å². The van der Waals surface area contributed by atoms with Gasteiger partial charge in [-0.25, -0.2) is 4.98 Å². The Morgan fingerprint density at radius 2 is 2.24 bits per heavy atom. The van der Waals surface area contributed by atoms with E-state index in [4.69, 9.17) is 9.47 Å². The van der Waals surface area contributed by atoms with Gasteiger partial charge in [0.15, 0.2) is 5.16 Å². The molecule has 0 aliphatic carbocycles. The number of aromatic nitrogens is 2. The number of nitrogens with zero attached hydrogens (tertiary/aromatic N) is 2. The van der Waals surface area contributed by atoms with Crippen molar-refractivity contribution in [2.24, 2.45) is 7.05 Å². The molecule has 0 radical (unpaired) electrons. The van der Waals surface area contributed by atoms with Crippen molar-refractivity contribution >= 4 is 11.8 Å². The molecule has 1 spiro atoms. The zero-order valence-electron chi connectivity index (χ0n) is 12.9. The van der Waals surface area contributed by atoms with Crippen LogP contribution in [0.4, 0.5) is 0 Å². The molecule has 21 heavy (non-hydrogen) atoms. The third kappa shape index (κ3) is 3.44. The molecule has 0 saturated carbocycles. The van der Waals surface area contributed by atoms with E-state index in [1.54, 1.807) is 11.8 Å². The summed E-state index contributed by atoms with van der Waals surface area (Å²) in [6.07, 6.45) is 8.30. The highest BCUT2D eigenvalue weighted by molar-refractivity contribution is 7.98. The van der Waals surface area contributed by atoms with Gasteiger partial charge in [0.25, 0.3) is 0 Å². The van der Waals surface area contributed by atoms with Crippen LogP contribution in [-0.2, 0) is 23.1 Å². The summed E-state index contributed by atoms with van der Waals surface area (Å²) in [7, 11) is 2.08. The number of nitrogens with one attached hydrogen (secondary N) is 1. The first kappa shape index (κ1) is 15.3. The third-order valence-electron chi connectivity index (χ3n) is 4.69. The summed E-state index contributed by atoms with van der Waals surface area (Å²) in [5.74, 6) is 0. The van der Waals surface area contributed by atoms with E-state index in [0.717, 1.165) is 57.2 Å². The van der Waals surface area contributed by atoms with Gasteiger partial charge in [0, 0.05) is 39.5 Å². The molecule has 3 heterocycles. The summed E-state index contributed by atoms with van der Waals surface area (Å²) in [6, 6.07) is 0.532. The Kier molecular flexibility index (Phi) is 4.88. The van der Waals surface area contributed by atoms with Crippen molar-refractivity contribution in [2.45, 2.75) is 49.0 Å². The fourth-order valence-electron chi connectivity index (χ4n) is 3.32. The molecule has 1 aromatic rings. The quantitative estimate of drug-likeness (QED) is 0.862. The minimum atomic E-state index is 0.0606. The molecule has 1 aromatic heterocycles. The minimum Gasteiger partial charge on any atom is -0.381 e. The smallest absolute Gasteiger partial charge is 0.167 e. The molecule has 2 aliphatic heterocycles. The average Bonchev–Trinajstić information content (AvgIpc) is 2.86. The van der Waals surface area contributed by atoms with Crippen LogP contribution < -0.4 is 5.32 Å². The predicted octanol–water partition coefficient (Wildman–Crippen LogP) is 1.96. The molecule has 6 heteroatoms. The Morgan fingerprint density at radius 1 is 1.43 bits per heavy atom. The van der Waals surface area contributed by atoms with E-state index < -0.39 is 0 Å². The first-order chi connectivity index (χ1) is 10.2. The van der Waals surface area contributed by atoms with Gasteiger partial charge < -0.3 is 19.4 Å². The van der Waals surface area contributed by atoms with Crippen LogP contribution in [0.5, 0.6) is 0 Å². The Bertz CT molecular complexity index is 466. The average molecular weight is 311 g/mol. The highest BCUT2D eigenvalue weighted by atomic mass is 32.2. The maximum Gasteiger partial charge on any atom is 0.167 e. The Hall–Kier alpha value is -0.560. The number of rotatable bonds is 4. The van der Waals surface area contributed by atoms with Crippen molar-refractivity contribution in [3.8, 4) is 0 Å². The molecule has 0 bridgehead atoms. The van der Waals surface area contributed by atoms with E-state index in [1.807, 2.05) is 6.20 Å². The lowest BCUT2D eigenvalue weighted by atomic mass is 9.84. The van der Waals surface area contributed by atoms with Crippen LogP contribution >= 0.6 is 11.8 Å². The largest absolute Gasteiger partial charge is 0.381 e. The van der Waals surface area contributed by atoms with Crippen molar-refractivity contribution in [1.29, 1.82) is 0 Å². The molecular weight excluding hydrogens is 286 g/mol. The van der Waals surface area contributed by atoms with E-state index in [9.17, 15) is 0 Å². The lowest BCUT2D eigenvalue weighted by Crippen LogP contribution is -2.49. The highest BCUT2D eigenvalue weighted by Crippen LogP contribution is 2.34. The standard InChI is InChI=1S/C15H25N3O2S/c1-18-13(11-17-14(18)21-2)10-16-12-3-6-20-15(9-12)4-7-19-8-5-15/h11-12,16H,3-10H2,1-2H3/t12-/m1/s1. The first-order valence-corrected chi connectivity index (χ1v) is 8.95. The fraction of sp³-hybridized carbons (Fsp3) is 0.800. The van der Waals surface area contributed by atoms with E-state index in [0.29, 0.717) is 6.04 Å². The maximum atomic E-state index is 6.09. The van der Waals surface area contributed by atoms with Gasteiger partial charge in [-0.1, -0.05) is 11.8 Å². The van der Waals surface area contributed by atoms with Crippen LogP contribution in [0.3, 0.4) is 0 Å². The molecule has 2 aliphatic rings. The number of ether oxygens (including phenoxy) is 2. The van der Waals surface area contributed by atoms with Crippen molar-refractivity contribution in [1.82, 2.24) is 14.9 Å². The number of thioether (sulfide) groups is 1. The summed E-state index contributed by atoms with van der Waals surface area (Å²) in [5, 5.41) is 4.77. The Morgan fingerprint density at radius 3 is 2.95 bits per heavy atom. The molecule has 118 valence electrons. The van der Waals surface area contributed by atoms with Gasteiger partial charge in [0.05, 0.1) is 17.5 Å². The lowest BCUT2D eigenvalue weighted by molar-refractivity contribution is -0.140. The molecule has 2 saturated heterocycles. The van der Waals surface area contributed by atoms with Gasteiger partial charge in [-0.2, -0.15) is 0 Å². The summed E-state index contributed by atoms with van der Waals surface area (Å²) in [5.41, 5.74) is 1.30. The normalized spacial score (nSPS) is 25.3. The SMILES string of the molecule is CSc1ncc(CN[C@@H]2CCOC3(CCOCC3)C2)n1C. The van der Waals surface area contributed by atoms with Crippen molar-refractivity contribution in [2.75, 3.05) is 26.1 Å². The highest BCUT2D eigenvalue weighted by Gasteiger charge is 2.38.